The van der Waals surface area contributed by atoms with Crippen molar-refractivity contribution in [3.63, 3.8) is 0 Å². The number of aryl methyl sites for hydroxylation is 1. The highest BCUT2D eigenvalue weighted by molar-refractivity contribution is 5.84. The zero-order valence-electron chi connectivity index (χ0n) is 11.4. The Labute approximate surface area is 113 Å². The lowest BCUT2D eigenvalue weighted by molar-refractivity contribution is 0.186. The summed E-state index contributed by atoms with van der Waals surface area (Å²) in [5.41, 5.74) is 2.36. The van der Waals surface area contributed by atoms with Crippen molar-refractivity contribution in [2.75, 3.05) is 13.1 Å². The molecule has 2 heterocycles. The monoisotopic (exact) mass is 259 g/mol. The van der Waals surface area contributed by atoms with Crippen molar-refractivity contribution >= 4 is 10.9 Å². The predicted octanol–water partition coefficient (Wildman–Crippen LogP) is 2.65. The van der Waals surface area contributed by atoms with Crippen LogP contribution in [0.1, 0.15) is 31.7 Å². The summed E-state index contributed by atoms with van der Waals surface area (Å²) in [6, 6.07) is 4.14. The van der Waals surface area contributed by atoms with Crippen molar-refractivity contribution in [3.8, 4) is 5.75 Å². The summed E-state index contributed by atoms with van der Waals surface area (Å²) in [5, 5.41) is 11.8. The highest BCUT2D eigenvalue weighted by Crippen LogP contribution is 2.29. The van der Waals surface area contributed by atoms with Gasteiger partial charge in [0.25, 0.3) is 0 Å². The quantitative estimate of drug-likeness (QED) is 0.891. The van der Waals surface area contributed by atoms with Gasteiger partial charge in [-0.1, -0.05) is 6.92 Å². The molecule has 4 heteroatoms. The van der Waals surface area contributed by atoms with Crippen molar-refractivity contribution in [3.05, 3.63) is 23.9 Å². The van der Waals surface area contributed by atoms with E-state index < -0.39 is 0 Å². The van der Waals surface area contributed by atoms with Crippen LogP contribution in [0.5, 0.6) is 5.75 Å². The Balaban J connectivity index is 1.86. The zero-order chi connectivity index (χ0) is 13.1. The summed E-state index contributed by atoms with van der Waals surface area (Å²) in [5.74, 6) is 1.03. The second-order valence-corrected chi connectivity index (χ2v) is 5.15. The van der Waals surface area contributed by atoms with Gasteiger partial charge >= 0.3 is 0 Å². The minimum atomic E-state index is 0.338. The molecule has 2 N–H and O–H groups in total. The van der Waals surface area contributed by atoms with Gasteiger partial charge in [-0.25, -0.2) is 0 Å². The molecule has 0 radical (unpaired) electrons. The summed E-state index contributed by atoms with van der Waals surface area (Å²) in [4.78, 5) is 0. The van der Waals surface area contributed by atoms with Gasteiger partial charge in [0.05, 0.1) is 17.8 Å². The number of rotatable bonds is 3. The molecular weight excluding hydrogens is 238 g/mol. The maximum Gasteiger partial charge on any atom is 0.123 e. The average molecular weight is 259 g/mol. The first-order valence-electron chi connectivity index (χ1n) is 7.21. The predicted molar refractivity (Wildman–Crippen MR) is 76.6 cm³/mol. The Morgan fingerprint density at radius 1 is 1.32 bits per heavy atom. The van der Waals surface area contributed by atoms with Gasteiger partial charge in [0.1, 0.15) is 5.75 Å². The average Bonchev–Trinajstić information content (AvgIpc) is 2.76. The first-order chi connectivity index (χ1) is 9.38. The van der Waals surface area contributed by atoms with Crippen LogP contribution in [-0.4, -0.2) is 29.4 Å². The van der Waals surface area contributed by atoms with Crippen molar-refractivity contribution < 1.29 is 4.74 Å². The number of ether oxygens (including phenoxy) is 1. The van der Waals surface area contributed by atoms with E-state index in [0.717, 1.165) is 43.6 Å². The summed E-state index contributed by atoms with van der Waals surface area (Å²) in [6.45, 7) is 4.34. The van der Waals surface area contributed by atoms with Crippen molar-refractivity contribution in [1.29, 1.82) is 0 Å². The van der Waals surface area contributed by atoms with Gasteiger partial charge in [-0.2, -0.15) is 5.10 Å². The molecule has 102 valence electrons. The summed E-state index contributed by atoms with van der Waals surface area (Å²) in [7, 11) is 0. The van der Waals surface area contributed by atoms with Crippen LogP contribution in [-0.2, 0) is 6.42 Å². The lowest BCUT2D eigenvalue weighted by Crippen LogP contribution is -2.19. The van der Waals surface area contributed by atoms with Gasteiger partial charge in [-0.05, 0) is 50.9 Å². The van der Waals surface area contributed by atoms with Crippen molar-refractivity contribution in [1.82, 2.24) is 15.5 Å². The number of hydrogen-bond donors (Lipinski definition) is 2. The highest BCUT2D eigenvalue weighted by Gasteiger charge is 2.16. The number of hydrogen-bond acceptors (Lipinski definition) is 3. The van der Waals surface area contributed by atoms with Crippen molar-refractivity contribution in [2.45, 2.75) is 38.7 Å². The molecule has 1 aliphatic rings. The van der Waals surface area contributed by atoms with E-state index in [9.17, 15) is 0 Å². The molecule has 2 aromatic rings. The normalized spacial score (nSPS) is 20.4. The Bertz CT molecular complexity index is 541. The second-order valence-electron chi connectivity index (χ2n) is 5.15. The molecule has 1 aliphatic heterocycles. The lowest BCUT2D eigenvalue weighted by atomic mass is 10.1. The number of fused-ring (bicyclic) bond motifs is 1. The van der Waals surface area contributed by atoms with Gasteiger partial charge in [-0.3, -0.25) is 5.10 Å². The Morgan fingerprint density at radius 2 is 2.26 bits per heavy atom. The number of nitrogens with zero attached hydrogens (tertiary/aromatic N) is 1. The fourth-order valence-corrected chi connectivity index (χ4v) is 2.82. The standard InChI is InChI=1S/C15H21N3O/c1-2-12-13-10-17-18-14(13)5-6-15(12)19-11-4-3-8-16-9-7-11/h5-6,10-11,16H,2-4,7-9H2,1H3,(H,17,18). The van der Waals surface area contributed by atoms with E-state index >= 15 is 0 Å². The minimum Gasteiger partial charge on any atom is -0.490 e. The maximum atomic E-state index is 6.25. The molecule has 0 amide bonds. The van der Waals surface area contributed by atoms with Crippen LogP contribution in [0.3, 0.4) is 0 Å². The van der Waals surface area contributed by atoms with Crippen LogP contribution < -0.4 is 10.1 Å². The zero-order valence-corrected chi connectivity index (χ0v) is 11.4. The molecule has 1 aromatic heterocycles. The molecule has 1 unspecified atom stereocenters. The SMILES string of the molecule is CCc1c(OC2CCCNCC2)ccc2[nH]ncc12. The van der Waals surface area contributed by atoms with Gasteiger partial charge in [0.2, 0.25) is 0 Å². The lowest BCUT2D eigenvalue weighted by Gasteiger charge is -2.19. The number of benzene rings is 1. The molecule has 3 rings (SSSR count). The minimum absolute atomic E-state index is 0.338. The van der Waals surface area contributed by atoms with Crippen LogP contribution >= 0.6 is 0 Å². The molecule has 4 nitrogen and oxygen atoms in total. The molecule has 0 aliphatic carbocycles. The Hall–Kier alpha value is -1.55. The topological polar surface area (TPSA) is 49.9 Å². The second kappa shape index (κ2) is 5.61. The summed E-state index contributed by atoms with van der Waals surface area (Å²) >= 11 is 0. The van der Waals surface area contributed by atoms with E-state index in [4.69, 9.17) is 4.74 Å². The van der Waals surface area contributed by atoms with Crippen LogP contribution in [0.2, 0.25) is 0 Å². The van der Waals surface area contributed by atoms with E-state index in [-0.39, 0.29) is 0 Å². The maximum absolute atomic E-state index is 6.25. The smallest absolute Gasteiger partial charge is 0.123 e. The molecule has 1 saturated heterocycles. The molecule has 1 atom stereocenters. The fourth-order valence-electron chi connectivity index (χ4n) is 2.82. The Morgan fingerprint density at radius 3 is 3.16 bits per heavy atom. The van der Waals surface area contributed by atoms with Crippen LogP contribution in [0.25, 0.3) is 10.9 Å². The molecule has 0 spiro atoms. The van der Waals surface area contributed by atoms with E-state index in [1.807, 2.05) is 6.20 Å². The molecule has 1 aromatic carbocycles. The van der Waals surface area contributed by atoms with Crippen LogP contribution in [0.15, 0.2) is 18.3 Å². The fraction of sp³-hybridized carbons (Fsp3) is 0.533. The van der Waals surface area contributed by atoms with E-state index in [0.29, 0.717) is 6.10 Å². The Kier molecular flexibility index (Phi) is 3.69. The largest absolute Gasteiger partial charge is 0.490 e. The third-order valence-corrected chi connectivity index (χ3v) is 3.86. The van der Waals surface area contributed by atoms with Gasteiger partial charge in [0, 0.05) is 10.9 Å². The first kappa shape index (κ1) is 12.5. The number of nitrogens with one attached hydrogen (secondary N) is 2. The number of aromatic nitrogens is 2. The third kappa shape index (κ3) is 2.59. The van der Waals surface area contributed by atoms with E-state index in [2.05, 4.69) is 34.6 Å². The van der Waals surface area contributed by atoms with Crippen LogP contribution in [0.4, 0.5) is 0 Å². The van der Waals surface area contributed by atoms with Gasteiger partial charge < -0.3 is 10.1 Å². The first-order valence-corrected chi connectivity index (χ1v) is 7.21. The van der Waals surface area contributed by atoms with Crippen LogP contribution in [0, 0.1) is 0 Å². The molecule has 0 bridgehead atoms. The summed E-state index contributed by atoms with van der Waals surface area (Å²) in [6.07, 6.45) is 6.63. The third-order valence-electron chi connectivity index (χ3n) is 3.86. The number of aromatic amines is 1. The number of H-pyrrole nitrogens is 1. The molecule has 0 saturated carbocycles. The molecule has 19 heavy (non-hydrogen) atoms. The molecular formula is C15H21N3O. The van der Waals surface area contributed by atoms with Gasteiger partial charge in [0.15, 0.2) is 0 Å². The molecule has 1 fully saturated rings. The van der Waals surface area contributed by atoms with E-state index in [1.54, 1.807) is 0 Å². The van der Waals surface area contributed by atoms with Gasteiger partial charge in [-0.15, -0.1) is 0 Å². The van der Waals surface area contributed by atoms with E-state index in [1.165, 1.54) is 17.4 Å². The highest BCUT2D eigenvalue weighted by atomic mass is 16.5. The summed E-state index contributed by atoms with van der Waals surface area (Å²) < 4.78 is 6.25. The van der Waals surface area contributed by atoms with Crippen molar-refractivity contribution in [2.24, 2.45) is 0 Å².